The second-order valence-corrected chi connectivity index (χ2v) is 4.66. The van der Waals surface area contributed by atoms with Crippen molar-refractivity contribution in [2.75, 3.05) is 7.11 Å². The first-order valence-electron chi connectivity index (χ1n) is 5.93. The maximum atomic E-state index is 12.2. The number of H-pyrrole nitrogens is 1. The van der Waals surface area contributed by atoms with Gasteiger partial charge in [0.1, 0.15) is 0 Å². The number of methoxy groups -OCH3 is 1. The summed E-state index contributed by atoms with van der Waals surface area (Å²) in [5.74, 6) is -0.713. The first-order valence-corrected chi connectivity index (χ1v) is 6.30. The average molecular weight is 305 g/mol. The van der Waals surface area contributed by atoms with E-state index in [-0.39, 0.29) is 11.2 Å². The van der Waals surface area contributed by atoms with Gasteiger partial charge in [0.05, 0.1) is 19.0 Å². The molecule has 0 aliphatic heterocycles. The zero-order valence-corrected chi connectivity index (χ0v) is 11.6. The summed E-state index contributed by atoms with van der Waals surface area (Å²) in [4.78, 5) is 26.4. The number of nitrogens with zero attached hydrogens (tertiary/aromatic N) is 3. The van der Waals surface area contributed by atoms with Crippen LogP contribution in [-0.2, 0) is 4.74 Å². The van der Waals surface area contributed by atoms with E-state index < -0.39 is 11.5 Å². The van der Waals surface area contributed by atoms with Crippen LogP contribution in [0.4, 0.5) is 0 Å². The number of halogens is 1. The fraction of sp³-hybridized carbons (Fsp3) is 0.0769. The van der Waals surface area contributed by atoms with Crippen LogP contribution >= 0.6 is 11.6 Å². The van der Waals surface area contributed by atoms with Crippen molar-refractivity contribution in [1.82, 2.24) is 19.8 Å². The van der Waals surface area contributed by atoms with Gasteiger partial charge in [-0.25, -0.2) is 9.31 Å². The van der Waals surface area contributed by atoms with E-state index in [9.17, 15) is 9.59 Å². The molecule has 0 unspecified atom stereocenters. The smallest absolute Gasteiger partial charge is 0.361 e. The van der Waals surface area contributed by atoms with Crippen molar-refractivity contribution in [2.45, 2.75) is 0 Å². The van der Waals surface area contributed by atoms with Gasteiger partial charge in [-0.15, -0.1) is 5.10 Å². The summed E-state index contributed by atoms with van der Waals surface area (Å²) in [6.07, 6.45) is 1.57. The summed E-state index contributed by atoms with van der Waals surface area (Å²) in [5.41, 5.74) is 0.729. The van der Waals surface area contributed by atoms with Crippen molar-refractivity contribution >= 4 is 23.1 Å². The van der Waals surface area contributed by atoms with Crippen molar-refractivity contribution in [3.63, 3.8) is 0 Å². The van der Waals surface area contributed by atoms with Gasteiger partial charge in [0, 0.05) is 5.02 Å². The van der Waals surface area contributed by atoms with E-state index in [4.69, 9.17) is 11.6 Å². The predicted molar refractivity (Wildman–Crippen MR) is 75.4 cm³/mol. The van der Waals surface area contributed by atoms with Crippen molar-refractivity contribution < 1.29 is 9.53 Å². The van der Waals surface area contributed by atoms with Gasteiger partial charge in [-0.3, -0.25) is 4.79 Å². The number of benzene rings is 1. The molecule has 7 nitrogen and oxygen atoms in total. The zero-order chi connectivity index (χ0) is 15.0. The topological polar surface area (TPSA) is 89.3 Å². The molecule has 1 N–H and O–H groups in total. The third-order valence-electron chi connectivity index (χ3n) is 2.94. The molecule has 0 fully saturated rings. The highest BCUT2D eigenvalue weighted by Crippen LogP contribution is 2.19. The minimum Gasteiger partial charge on any atom is -0.464 e. The molecule has 0 atom stereocenters. The van der Waals surface area contributed by atoms with Crippen LogP contribution < -0.4 is 5.56 Å². The maximum Gasteiger partial charge on any atom is 0.361 e. The minimum absolute atomic E-state index is 0.0413. The third-order valence-corrected chi connectivity index (χ3v) is 3.20. The molecule has 0 spiro atoms. The van der Waals surface area contributed by atoms with Gasteiger partial charge in [-0.05, 0) is 17.7 Å². The molecule has 3 aromatic rings. The Morgan fingerprint density at radius 1 is 1.33 bits per heavy atom. The second-order valence-electron chi connectivity index (χ2n) is 4.23. The molecule has 1 aromatic carbocycles. The number of aromatic amines is 1. The van der Waals surface area contributed by atoms with Crippen LogP contribution in [0.25, 0.3) is 16.8 Å². The summed E-state index contributed by atoms with van der Waals surface area (Å²) in [5, 5.41) is 8.04. The van der Waals surface area contributed by atoms with Crippen molar-refractivity contribution in [3.05, 3.63) is 51.5 Å². The molecule has 21 heavy (non-hydrogen) atoms. The Bertz CT molecular complexity index is 883. The lowest BCUT2D eigenvalue weighted by molar-refractivity contribution is 0.0596. The number of hydrogen-bond acceptors (Lipinski definition) is 5. The fourth-order valence-corrected chi connectivity index (χ4v) is 2.07. The Balaban J connectivity index is 2.19. The molecular weight excluding hydrogens is 296 g/mol. The van der Waals surface area contributed by atoms with Crippen LogP contribution in [0.5, 0.6) is 0 Å². The molecular formula is C13H9ClN4O3. The Morgan fingerprint density at radius 2 is 2.05 bits per heavy atom. The largest absolute Gasteiger partial charge is 0.464 e. The first kappa shape index (κ1) is 13.3. The molecule has 3 rings (SSSR count). The van der Waals surface area contributed by atoms with Crippen LogP contribution in [0, 0.1) is 0 Å². The molecule has 8 heteroatoms. The SMILES string of the molecule is COC(=O)c1nnn2cc(-c3ccc(Cl)cc3)[nH]c(=O)c12. The van der Waals surface area contributed by atoms with Crippen LogP contribution in [0.1, 0.15) is 10.5 Å². The standard InChI is InChI=1S/C13H9ClN4O3/c1-21-13(20)10-11-12(19)15-9(6-18(11)17-16-10)7-2-4-8(14)5-3-7/h2-6H,1H3,(H,15,19). The van der Waals surface area contributed by atoms with Gasteiger partial charge in [0.25, 0.3) is 5.56 Å². The predicted octanol–water partition coefficient (Wildman–Crippen LogP) is 1.52. The fourth-order valence-electron chi connectivity index (χ4n) is 1.94. The van der Waals surface area contributed by atoms with Crippen molar-refractivity contribution in [1.29, 1.82) is 0 Å². The number of carbonyl (C=O) groups excluding carboxylic acids is 1. The lowest BCUT2D eigenvalue weighted by atomic mass is 10.1. The lowest BCUT2D eigenvalue weighted by Gasteiger charge is -2.02. The van der Waals surface area contributed by atoms with Gasteiger partial charge in [-0.1, -0.05) is 28.9 Å². The Hall–Kier alpha value is -2.67. The number of esters is 1. The first-order chi connectivity index (χ1) is 10.1. The molecule has 0 saturated carbocycles. The number of hydrogen-bond donors (Lipinski definition) is 1. The van der Waals surface area contributed by atoms with E-state index in [0.717, 1.165) is 5.56 Å². The normalized spacial score (nSPS) is 10.8. The van der Waals surface area contributed by atoms with E-state index in [2.05, 4.69) is 20.0 Å². The molecule has 0 saturated heterocycles. The lowest BCUT2D eigenvalue weighted by Crippen LogP contribution is -2.14. The average Bonchev–Trinajstić information content (AvgIpc) is 2.91. The summed E-state index contributed by atoms with van der Waals surface area (Å²) in [6.45, 7) is 0. The number of nitrogens with one attached hydrogen (secondary N) is 1. The van der Waals surface area contributed by atoms with E-state index in [1.807, 2.05) is 0 Å². The number of carbonyl (C=O) groups is 1. The highest BCUT2D eigenvalue weighted by atomic mass is 35.5. The molecule has 0 radical (unpaired) electrons. The molecule has 0 aliphatic carbocycles. The second kappa shape index (κ2) is 5.02. The van der Waals surface area contributed by atoms with E-state index in [1.54, 1.807) is 30.5 Å². The quantitative estimate of drug-likeness (QED) is 0.725. The molecule has 0 bridgehead atoms. The summed E-state index contributed by atoms with van der Waals surface area (Å²) < 4.78 is 5.81. The summed E-state index contributed by atoms with van der Waals surface area (Å²) in [6, 6.07) is 6.94. The van der Waals surface area contributed by atoms with Gasteiger partial charge >= 0.3 is 5.97 Å². The molecule has 0 aliphatic rings. The number of aromatic nitrogens is 4. The maximum absolute atomic E-state index is 12.2. The molecule has 2 aromatic heterocycles. The highest BCUT2D eigenvalue weighted by Gasteiger charge is 2.19. The summed E-state index contributed by atoms with van der Waals surface area (Å²) in [7, 11) is 1.21. The Kier molecular flexibility index (Phi) is 3.19. The van der Waals surface area contributed by atoms with Crippen LogP contribution in [0.15, 0.2) is 35.3 Å². The number of ether oxygens (including phenoxy) is 1. The van der Waals surface area contributed by atoms with Gasteiger partial charge in [0.15, 0.2) is 5.52 Å². The molecule has 0 amide bonds. The van der Waals surface area contributed by atoms with Crippen LogP contribution in [0.2, 0.25) is 5.02 Å². The third kappa shape index (κ3) is 2.27. The highest BCUT2D eigenvalue weighted by molar-refractivity contribution is 6.30. The molecule has 2 heterocycles. The van der Waals surface area contributed by atoms with Gasteiger partial charge in [0.2, 0.25) is 5.69 Å². The van der Waals surface area contributed by atoms with Gasteiger partial charge < -0.3 is 9.72 Å². The van der Waals surface area contributed by atoms with Crippen LogP contribution in [-0.4, -0.2) is 32.9 Å². The van der Waals surface area contributed by atoms with Gasteiger partial charge in [-0.2, -0.15) is 0 Å². The number of rotatable bonds is 2. The zero-order valence-electron chi connectivity index (χ0n) is 10.8. The van der Waals surface area contributed by atoms with Crippen molar-refractivity contribution in [3.8, 4) is 11.3 Å². The Morgan fingerprint density at radius 3 is 2.71 bits per heavy atom. The minimum atomic E-state index is -0.713. The monoisotopic (exact) mass is 304 g/mol. The van der Waals surface area contributed by atoms with Crippen LogP contribution in [0.3, 0.4) is 0 Å². The van der Waals surface area contributed by atoms with Crippen molar-refractivity contribution in [2.24, 2.45) is 0 Å². The van der Waals surface area contributed by atoms with E-state index in [1.165, 1.54) is 11.6 Å². The molecule has 106 valence electrons. The Labute approximate surface area is 123 Å². The summed E-state index contributed by atoms with van der Waals surface area (Å²) >= 11 is 5.83. The van der Waals surface area contributed by atoms with E-state index >= 15 is 0 Å². The van der Waals surface area contributed by atoms with E-state index in [0.29, 0.717) is 10.7 Å². The number of fused-ring (bicyclic) bond motifs is 1.